The largest absolute Gasteiger partial charge is 0.381 e. The summed E-state index contributed by atoms with van der Waals surface area (Å²) in [5.41, 5.74) is 0.479. The first kappa shape index (κ1) is 15.0. The van der Waals surface area contributed by atoms with Crippen LogP contribution >= 0.6 is 0 Å². The van der Waals surface area contributed by atoms with E-state index >= 15 is 0 Å². The lowest BCUT2D eigenvalue weighted by Gasteiger charge is -2.13. The summed E-state index contributed by atoms with van der Waals surface area (Å²) in [6, 6.07) is 1.70. The number of anilines is 1. The van der Waals surface area contributed by atoms with Gasteiger partial charge in [0.2, 0.25) is 0 Å². The highest BCUT2D eigenvalue weighted by molar-refractivity contribution is 5.94. The van der Waals surface area contributed by atoms with Crippen LogP contribution in [-0.2, 0) is 0 Å². The third-order valence-electron chi connectivity index (χ3n) is 3.02. The molecule has 0 bridgehead atoms. The van der Waals surface area contributed by atoms with Gasteiger partial charge in [-0.25, -0.2) is 8.78 Å². The van der Waals surface area contributed by atoms with Gasteiger partial charge in [-0.15, -0.1) is 0 Å². The number of carbonyl (C=O) groups excluding carboxylic acids is 1. The molecule has 0 radical (unpaired) electrons. The number of aromatic nitrogens is 2. The second-order valence-electron chi connectivity index (χ2n) is 4.57. The molecule has 7 heteroatoms. The maximum Gasteiger partial charge on any atom is 0.251 e. The molecule has 0 aliphatic rings. The minimum Gasteiger partial charge on any atom is -0.381 e. The molecule has 0 spiro atoms. The molecule has 2 rings (SSSR count). The van der Waals surface area contributed by atoms with E-state index in [1.165, 1.54) is 0 Å². The average Bonchev–Trinajstić information content (AvgIpc) is 2.96. The second-order valence-corrected chi connectivity index (χ2v) is 4.57. The van der Waals surface area contributed by atoms with Gasteiger partial charge in [0, 0.05) is 23.9 Å². The van der Waals surface area contributed by atoms with Gasteiger partial charge in [0.25, 0.3) is 5.91 Å². The minimum atomic E-state index is -0.794. The Kier molecular flexibility index (Phi) is 4.52. The SMILES string of the molecule is CCNc1c(F)cc(C(=O)NC(C)c2cn[nH]c2)cc1F. The van der Waals surface area contributed by atoms with Crippen LogP contribution in [0.4, 0.5) is 14.5 Å². The normalized spacial score (nSPS) is 12.0. The van der Waals surface area contributed by atoms with E-state index in [9.17, 15) is 13.6 Å². The van der Waals surface area contributed by atoms with Gasteiger partial charge < -0.3 is 10.6 Å². The number of benzene rings is 1. The number of hydrogen-bond acceptors (Lipinski definition) is 3. The first-order valence-corrected chi connectivity index (χ1v) is 6.55. The van der Waals surface area contributed by atoms with Crippen molar-refractivity contribution < 1.29 is 13.6 Å². The summed E-state index contributed by atoms with van der Waals surface area (Å²) in [6.45, 7) is 3.87. The predicted molar refractivity (Wildman–Crippen MR) is 75.0 cm³/mol. The van der Waals surface area contributed by atoms with E-state index < -0.39 is 17.5 Å². The van der Waals surface area contributed by atoms with Crippen molar-refractivity contribution in [3.8, 4) is 0 Å². The van der Waals surface area contributed by atoms with Gasteiger partial charge in [-0.2, -0.15) is 5.10 Å². The van der Waals surface area contributed by atoms with E-state index in [0.717, 1.165) is 17.7 Å². The molecule has 112 valence electrons. The molecule has 0 aliphatic heterocycles. The molecule has 2 aromatic rings. The summed E-state index contributed by atoms with van der Waals surface area (Å²) in [4.78, 5) is 12.0. The van der Waals surface area contributed by atoms with Gasteiger partial charge in [-0.05, 0) is 26.0 Å². The Labute approximate surface area is 120 Å². The number of H-pyrrole nitrogens is 1. The summed E-state index contributed by atoms with van der Waals surface area (Å²) < 4.78 is 27.5. The second kappa shape index (κ2) is 6.34. The van der Waals surface area contributed by atoms with Crippen molar-refractivity contribution in [1.82, 2.24) is 15.5 Å². The zero-order valence-corrected chi connectivity index (χ0v) is 11.7. The monoisotopic (exact) mass is 294 g/mol. The highest BCUT2D eigenvalue weighted by Gasteiger charge is 2.17. The van der Waals surface area contributed by atoms with E-state index in [4.69, 9.17) is 0 Å². The Hall–Kier alpha value is -2.44. The van der Waals surface area contributed by atoms with Crippen LogP contribution in [0, 0.1) is 11.6 Å². The molecule has 0 saturated heterocycles. The summed E-state index contributed by atoms with van der Waals surface area (Å²) in [6.07, 6.45) is 3.21. The van der Waals surface area contributed by atoms with E-state index in [0.29, 0.717) is 6.54 Å². The van der Waals surface area contributed by atoms with Crippen LogP contribution in [0.3, 0.4) is 0 Å². The average molecular weight is 294 g/mol. The zero-order chi connectivity index (χ0) is 15.4. The smallest absolute Gasteiger partial charge is 0.251 e. The maximum absolute atomic E-state index is 13.8. The third kappa shape index (κ3) is 3.36. The fraction of sp³-hybridized carbons (Fsp3) is 0.286. The molecule has 5 nitrogen and oxygen atoms in total. The van der Waals surface area contributed by atoms with Gasteiger partial charge in [0.1, 0.15) is 17.3 Å². The maximum atomic E-state index is 13.8. The van der Waals surface area contributed by atoms with Crippen LogP contribution in [0.15, 0.2) is 24.5 Å². The summed E-state index contributed by atoms with van der Waals surface area (Å²) >= 11 is 0. The molecule has 1 unspecified atom stereocenters. The van der Waals surface area contributed by atoms with E-state index in [1.54, 1.807) is 26.2 Å². The molecule has 1 atom stereocenters. The minimum absolute atomic E-state index is 0.0676. The number of halogens is 2. The fourth-order valence-corrected chi connectivity index (χ4v) is 1.91. The number of carbonyl (C=O) groups is 1. The standard InChI is InChI=1S/C14H16F2N4O/c1-3-17-13-11(15)4-9(5-12(13)16)14(21)20-8(2)10-6-18-19-7-10/h4-8,17H,3H2,1-2H3,(H,18,19)(H,20,21). The van der Waals surface area contributed by atoms with Crippen molar-refractivity contribution in [3.05, 3.63) is 47.3 Å². The third-order valence-corrected chi connectivity index (χ3v) is 3.02. The lowest BCUT2D eigenvalue weighted by atomic mass is 10.1. The Balaban J connectivity index is 2.16. The predicted octanol–water partition coefficient (Wildman–Crippen LogP) is 2.61. The first-order valence-electron chi connectivity index (χ1n) is 6.55. The van der Waals surface area contributed by atoms with Gasteiger partial charge in [-0.3, -0.25) is 9.89 Å². The Morgan fingerprint density at radius 1 is 1.38 bits per heavy atom. The van der Waals surface area contributed by atoms with Crippen LogP contribution in [0.1, 0.15) is 35.8 Å². The van der Waals surface area contributed by atoms with Crippen molar-refractivity contribution in [2.45, 2.75) is 19.9 Å². The quantitative estimate of drug-likeness (QED) is 0.794. The molecule has 1 aromatic heterocycles. The number of nitrogens with one attached hydrogen (secondary N) is 3. The van der Waals surface area contributed by atoms with Crippen molar-refractivity contribution in [2.75, 3.05) is 11.9 Å². The Bertz CT molecular complexity index is 605. The molecule has 1 aromatic carbocycles. The van der Waals surface area contributed by atoms with Gasteiger partial charge >= 0.3 is 0 Å². The lowest BCUT2D eigenvalue weighted by Crippen LogP contribution is -2.26. The van der Waals surface area contributed by atoms with E-state index in [2.05, 4.69) is 20.8 Å². The molecule has 21 heavy (non-hydrogen) atoms. The molecular formula is C14H16F2N4O. The van der Waals surface area contributed by atoms with Crippen LogP contribution in [-0.4, -0.2) is 22.6 Å². The molecule has 0 aliphatic carbocycles. The summed E-state index contributed by atoms with van der Waals surface area (Å²) in [5, 5.41) is 11.6. The van der Waals surface area contributed by atoms with Gasteiger partial charge in [0.05, 0.1) is 12.2 Å². The number of nitrogens with zero attached hydrogens (tertiary/aromatic N) is 1. The Morgan fingerprint density at radius 3 is 2.57 bits per heavy atom. The van der Waals surface area contributed by atoms with Crippen molar-refractivity contribution in [3.63, 3.8) is 0 Å². The molecule has 3 N–H and O–H groups in total. The highest BCUT2D eigenvalue weighted by Crippen LogP contribution is 2.21. The summed E-state index contributed by atoms with van der Waals surface area (Å²) in [5.74, 6) is -2.14. The molecule has 1 heterocycles. The first-order chi connectivity index (χ1) is 10.0. The summed E-state index contributed by atoms with van der Waals surface area (Å²) in [7, 11) is 0. The molecular weight excluding hydrogens is 278 g/mol. The molecule has 1 amide bonds. The molecule has 0 saturated carbocycles. The lowest BCUT2D eigenvalue weighted by molar-refractivity contribution is 0.0939. The number of hydrogen-bond donors (Lipinski definition) is 3. The fourth-order valence-electron chi connectivity index (χ4n) is 1.91. The zero-order valence-electron chi connectivity index (χ0n) is 11.7. The number of amides is 1. The highest BCUT2D eigenvalue weighted by atomic mass is 19.1. The van der Waals surface area contributed by atoms with Crippen LogP contribution in [0.5, 0.6) is 0 Å². The van der Waals surface area contributed by atoms with Crippen molar-refractivity contribution in [2.24, 2.45) is 0 Å². The van der Waals surface area contributed by atoms with E-state index in [-0.39, 0.29) is 17.3 Å². The topological polar surface area (TPSA) is 69.8 Å². The van der Waals surface area contributed by atoms with Crippen LogP contribution in [0.25, 0.3) is 0 Å². The van der Waals surface area contributed by atoms with Crippen LogP contribution < -0.4 is 10.6 Å². The number of aromatic amines is 1. The molecule has 0 fully saturated rings. The Morgan fingerprint density at radius 2 is 2.05 bits per heavy atom. The van der Waals surface area contributed by atoms with Crippen molar-refractivity contribution in [1.29, 1.82) is 0 Å². The van der Waals surface area contributed by atoms with Crippen LogP contribution in [0.2, 0.25) is 0 Å². The van der Waals surface area contributed by atoms with Crippen molar-refractivity contribution >= 4 is 11.6 Å². The number of rotatable bonds is 5. The van der Waals surface area contributed by atoms with E-state index in [1.807, 2.05) is 0 Å². The van der Waals surface area contributed by atoms with Gasteiger partial charge in [-0.1, -0.05) is 0 Å². The van der Waals surface area contributed by atoms with Gasteiger partial charge in [0.15, 0.2) is 0 Å².